The Labute approximate surface area is 113 Å². The second-order valence-electron chi connectivity index (χ2n) is 4.71. The third-order valence-electron chi connectivity index (χ3n) is 3.33. The minimum Gasteiger partial charge on any atom is -0.310 e. The molecule has 0 radical (unpaired) electrons. The van der Waals surface area contributed by atoms with Crippen molar-refractivity contribution in [1.29, 1.82) is 0 Å². The van der Waals surface area contributed by atoms with Gasteiger partial charge in [-0.05, 0) is 27.4 Å². The van der Waals surface area contributed by atoms with Crippen molar-refractivity contribution in [2.24, 2.45) is 0 Å². The highest BCUT2D eigenvalue weighted by Gasteiger charge is 2.11. The third-order valence-corrected chi connectivity index (χ3v) is 4.28. The molecule has 0 unspecified atom stereocenters. The Morgan fingerprint density at radius 1 is 1.44 bits per heavy atom. The highest BCUT2D eigenvalue weighted by atomic mass is 32.1. The van der Waals surface area contributed by atoms with E-state index in [0.29, 0.717) is 0 Å². The summed E-state index contributed by atoms with van der Waals surface area (Å²) in [6.07, 6.45) is 0. The zero-order valence-electron chi connectivity index (χ0n) is 11.7. The van der Waals surface area contributed by atoms with Crippen molar-refractivity contribution >= 4 is 16.3 Å². The molecule has 0 aliphatic carbocycles. The Kier molecular flexibility index (Phi) is 4.37. The number of nitrogens with one attached hydrogen (secondary N) is 1. The van der Waals surface area contributed by atoms with Crippen LogP contribution < -0.4 is 5.32 Å². The Balaban J connectivity index is 1.98. The molecule has 0 amide bonds. The standard InChI is InChI=1S/C13H22N4S/c1-5-16(4)7-6-14-8-12-11(3)15-13-17(12)10(2)9-18-13/h9,14H,5-8H2,1-4H3. The van der Waals surface area contributed by atoms with E-state index >= 15 is 0 Å². The van der Waals surface area contributed by atoms with Gasteiger partial charge < -0.3 is 10.2 Å². The second kappa shape index (κ2) is 5.82. The zero-order valence-corrected chi connectivity index (χ0v) is 12.5. The van der Waals surface area contributed by atoms with Gasteiger partial charge in [-0.1, -0.05) is 6.92 Å². The first-order valence-corrected chi connectivity index (χ1v) is 7.32. The van der Waals surface area contributed by atoms with Crippen molar-refractivity contribution in [3.63, 3.8) is 0 Å². The third kappa shape index (κ3) is 2.74. The van der Waals surface area contributed by atoms with Crippen molar-refractivity contribution in [1.82, 2.24) is 19.6 Å². The van der Waals surface area contributed by atoms with Crippen molar-refractivity contribution in [3.8, 4) is 0 Å². The Morgan fingerprint density at radius 2 is 2.22 bits per heavy atom. The van der Waals surface area contributed by atoms with E-state index in [-0.39, 0.29) is 0 Å². The van der Waals surface area contributed by atoms with E-state index in [1.807, 2.05) is 0 Å². The topological polar surface area (TPSA) is 32.6 Å². The van der Waals surface area contributed by atoms with Gasteiger partial charge in [0.25, 0.3) is 0 Å². The number of rotatable bonds is 6. The molecule has 0 atom stereocenters. The molecule has 100 valence electrons. The zero-order chi connectivity index (χ0) is 13.1. The molecule has 2 rings (SSSR count). The number of aryl methyl sites for hydroxylation is 2. The number of nitrogens with zero attached hydrogens (tertiary/aromatic N) is 3. The molecule has 0 aliphatic rings. The number of imidazole rings is 1. The maximum absolute atomic E-state index is 4.60. The van der Waals surface area contributed by atoms with E-state index in [1.54, 1.807) is 11.3 Å². The van der Waals surface area contributed by atoms with Gasteiger partial charge in [0.15, 0.2) is 4.96 Å². The fourth-order valence-corrected chi connectivity index (χ4v) is 2.94. The summed E-state index contributed by atoms with van der Waals surface area (Å²) < 4.78 is 2.26. The number of hydrogen-bond acceptors (Lipinski definition) is 4. The number of likely N-dealkylation sites (N-methyl/N-ethyl adjacent to an activating group) is 1. The van der Waals surface area contributed by atoms with Crippen LogP contribution in [0.1, 0.15) is 24.0 Å². The van der Waals surface area contributed by atoms with Crippen LogP contribution in [0.25, 0.3) is 4.96 Å². The Morgan fingerprint density at radius 3 is 2.94 bits per heavy atom. The van der Waals surface area contributed by atoms with Gasteiger partial charge in [-0.15, -0.1) is 11.3 Å². The van der Waals surface area contributed by atoms with Crippen molar-refractivity contribution in [3.05, 3.63) is 22.5 Å². The van der Waals surface area contributed by atoms with Crippen LogP contribution in [-0.4, -0.2) is 41.0 Å². The van der Waals surface area contributed by atoms with Crippen LogP contribution in [-0.2, 0) is 6.54 Å². The van der Waals surface area contributed by atoms with Gasteiger partial charge in [-0.3, -0.25) is 4.40 Å². The highest BCUT2D eigenvalue weighted by Crippen LogP contribution is 2.20. The van der Waals surface area contributed by atoms with Crippen LogP contribution in [0.5, 0.6) is 0 Å². The second-order valence-corrected chi connectivity index (χ2v) is 5.55. The summed E-state index contributed by atoms with van der Waals surface area (Å²) in [7, 11) is 2.15. The summed E-state index contributed by atoms with van der Waals surface area (Å²) in [5.74, 6) is 0. The van der Waals surface area contributed by atoms with E-state index in [4.69, 9.17) is 0 Å². The number of hydrogen-bond donors (Lipinski definition) is 1. The van der Waals surface area contributed by atoms with E-state index < -0.39 is 0 Å². The monoisotopic (exact) mass is 266 g/mol. The normalized spacial score (nSPS) is 11.8. The van der Waals surface area contributed by atoms with Crippen molar-refractivity contribution in [2.45, 2.75) is 27.3 Å². The molecule has 0 bridgehead atoms. The van der Waals surface area contributed by atoms with Crippen LogP contribution in [0.4, 0.5) is 0 Å². The molecule has 5 heteroatoms. The van der Waals surface area contributed by atoms with Gasteiger partial charge in [0.1, 0.15) is 0 Å². The molecule has 0 saturated heterocycles. The number of fused-ring (bicyclic) bond motifs is 1. The summed E-state index contributed by atoms with van der Waals surface area (Å²) in [6.45, 7) is 10.5. The molecule has 0 aliphatic heterocycles. The Bertz CT molecular complexity index is 514. The predicted molar refractivity (Wildman–Crippen MR) is 77.4 cm³/mol. The average Bonchev–Trinajstić information content (AvgIpc) is 2.85. The van der Waals surface area contributed by atoms with Crippen LogP contribution in [0, 0.1) is 13.8 Å². The summed E-state index contributed by atoms with van der Waals surface area (Å²) in [5.41, 5.74) is 3.71. The fourth-order valence-electron chi connectivity index (χ4n) is 2.01. The van der Waals surface area contributed by atoms with Gasteiger partial charge in [0, 0.05) is 30.7 Å². The van der Waals surface area contributed by atoms with Gasteiger partial charge in [0.05, 0.1) is 11.4 Å². The molecule has 2 heterocycles. The molecule has 2 aromatic rings. The molecule has 1 N–H and O–H groups in total. The van der Waals surface area contributed by atoms with Gasteiger partial charge in [-0.25, -0.2) is 4.98 Å². The molecular weight excluding hydrogens is 244 g/mol. The molecule has 0 fully saturated rings. The van der Waals surface area contributed by atoms with E-state index in [0.717, 1.165) is 36.8 Å². The Hall–Kier alpha value is -0.910. The molecule has 0 saturated carbocycles. The molecular formula is C13H22N4S. The average molecular weight is 266 g/mol. The fraction of sp³-hybridized carbons (Fsp3) is 0.615. The van der Waals surface area contributed by atoms with Gasteiger partial charge in [-0.2, -0.15) is 0 Å². The van der Waals surface area contributed by atoms with E-state index in [1.165, 1.54) is 11.4 Å². The maximum Gasteiger partial charge on any atom is 0.194 e. The smallest absolute Gasteiger partial charge is 0.194 e. The predicted octanol–water partition coefficient (Wildman–Crippen LogP) is 2.05. The van der Waals surface area contributed by atoms with Crippen molar-refractivity contribution < 1.29 is 0 Å². The summed E-state index contributed by atoms with van der Waals surface area (Å²) >= 11 is 1.71. The quantitative estimate of drug-likeness (QED) is 0.812. The lowest BCUT2D eigenvalue weighted by molar-refractivity contribution is 0.348. The van der Waals surface area contributed by atoms with E-state index in [2.05, 4.69) is 52.8 Å². The minimum absolute atomic E-state index is 0.891. The molecule has 2 aromatic heterocycles. The summed E-state index contributed by atoms with van der Waals surface area (Å²) in [4.78, 5) is 8.01. The first-order valence-electron chi connectivity index (χ1n) is 6.44. The van der Waals surface area contributed by atoms with Crippen LogP contribution in [0.15, 0.2) is 5.38 Å². The maximum atomic E-state index is 4.60. The molecule has 18 heavy (non-hydrogen) atoms. The van der Waals surface area contributed by atoms with E-state index in [9.17, 15) is 0 Å². The van der Waals surface area contributed by atoms with Gasteiger partial charge in [0.2, 0.25) is 0 Å². The molecule has 4 nitrogen and oxygen atoms in total. The van der Waals surface area contributed by atoms with Crippen LogP contribution in [0.3, 0.4) is 0 Å². The first kappa shape index (κ1) is 13.5. The van der Waals surface area contributed by atoms with Crippen molar-refractivity contribution in [2.75, 3.05) is 26.7 Å². The van der Waals surface area contributed by atoms with Crippen LogP contribution in [0.2, 0.25) is 0 Å². The lowest BCUT2D eigenvalue weighted by Gasteiger charge is -2.14. The first-order chi connectivity index (χ1) is 8.63. The summed E-state index contributed by atoms with van der Waals surface area (Å²) in [5, 5.41) is 5.67. The highest BCUT2D eigenvalue weighted by molar-refractivity contribution is 7.15. The largest absolute Gasteiger partial charge is 0.310 e. The number of thiazole rings is 1. The molecule has 0 aromatic carbocycles. The molecule has 0 spiro atoms. The number of aromatic nitrogens is 2. The minimum atomic E-state index is 0.891. The lowest BCUT2D eigenvalue weighted by atomic mass is 10.3. The summed E-state index contributed by atoms with van der Waals surface area (Å²) in [6, 6.07) is 0. The SMILES string of the molecule is CCN(C)CCNCc1c(C)nc2scc(C)n12. The lowest BCUT2D eigenvalue weighted by Crippen LogP contribution is -2.29. The van der Waals surface area contributed by atoms with Gasteiger partial charge >= 0.3 is 0 Å². The van der Waals surface area contributed by atoms with Crippen LogP contribution >= 0.6 is 11.3 Å².